The molecule has 5 nitrogen and oxygen atoms in total. The molecule has 118 valence electrons. The predicted octanol–water partition coefficient (Wildman–Crippen LogP) is 3.32. The highest BCUT2D eigenvalue weighted by Gasteiger charge is 2.36. The van der Waals surface area contributed by atoms with E-state index in [1.165, 1.54) is 43.1 Å². The highest BCUT2D eigenvalue weighted by atomic mass is 32.1. The molecule has 0 saturated heterocycles. The lowest BCUT2D eigenvalue weighted by molar-refractivity contribution is -0.118. The fourth-order valence-electron chi connectivity index (χ4n) is 2.72. The topological polar surface area (TPSA) is 59.5 Å². The van der Waals surface area contributed by atoms with Gasteiger partial charge in [0.05, 0.1) is 13.3 Å². The summed E-state index contributed by atoms with van der Waals surface area (Å²) in [6.45, 7) is 0. The van der Waals surface area contributed by atoms with Gasteiger partial charge >= 0.3 is 5.97 Å². The van der Waals surface area contributed by atoms with Crippen LogP contribution in [0.5, 0.6) is 0 Å². The first-order chi connectivity index (χ1) is 10.7. The SMILES string of the molecule is COC(=O)c1cnc(N(C(=O)CC2=CCCCC2)C2CC2)s1. The summed E-state index contributed by atoms with van der Waals surface area (Å²) < 4.78 is 4.71. The third-order valence-electron chi connectivity index (χ3n) is 4.03. The summed E-state index contributed by atoms with van der Waals surface area (Å²) in [5.74, 6) is -0.302. The molecule has 6 heteroatoms. The van der Waals surface area contributed by atoms with Gasteiger partial charge < -0.3 is 4.74 Å². The summed E-state index contributed by atoms with van der Waals surface area (Å²) in [6.07, 6.45) is 10.7. The molecule has 0 unspecified atom stereocenters. The molecule has 22 heavy (non-hydrogen) atoms. The van der Waals surface area contributed by atoms with Crippen molar-refractivity contribution in [3.63, 3.8) is 0 Å². The van der Waals surface area contributed by atoms with E-state index in [4.69, 9.17) is 4.74 Å². The summed E-state index contributed by atoms with van der Waals surface area (Å²) in [6, 6.07) is 0.244. The predicted molar refractivity (Wildman–Crippen MR) is 85.1 cm³/mol. The third kappa shape index (κ3) is 3.38. The lowest BCUT2D eigenvalue weighted by atomic mass is 9.97. The van der Waals surface area contributed by atoms with Crippen LogP contribution in [-0.4, -0.2) is 30.0 Å². The molecule has 1 aromatic rings. The first-order valence-electron chi connectivity index (χ1n) is 7.73. The van der Waals surface area contributed by atoms with Crippen LogP contribution in [0.25, 0.3) is 0 Å². The van der Waals surface area contributed by atoms with Crippen LogP contribution in [0, 0.1) is 0 Å². The molecule has 0 radical (unpaired) electrons. The van der Waals surface area contributed by atoms with Gasteiger partial charge in [-0.15, -0.1) is 0 Å². The molecule has 0 N–H and O–H groups in total. The molecule has 0 aromatic carbocycles. The average Bonchev–Trinajstić information content (AvgIpc) is 3.24. The number of rotatable bonds is 5. The Hall–Kier alpha value is -1.69. The first-order valence-corrected chi connectivity index (χ1v) is 8.55. The largest absolute Gasteiger partial charge is 0.465 e. The second-order valence-corrected chi connectivity index (χ2v) is 6.79. The van der Waals surface area contributed by atoms with Gasteiger partial charge in [0, 0.05) is 12.5 Å². The van der Waals surface area contributed by atoms with E-state index in [-0.39, 0.29) is 11.9 Å². The minimum absolute atomic E-state index is 0.0985. The van der Waals surface area contributed by atoms with E-state index < -0.39 is 5.97 Å². The zero-order valence-electron chi connectivity index (χ0n) is 12.7. The molecule has 1 aromatic heterocycles. The lowest BCUT2D eigenvalue weighted by Crippen LogP contribution is -2.33. The molecule has 2 aliphatic rings. The van der Waals surface area contributed by atoms with Crippen LogP contribution in [-0.2, 0) is 9.53 Å². The van der Waals surface area contributed by atoms with E-state index in [1.54, 1.807) is 4.90 Å². The summed E-state index contributed by atoms with van der Waals surface area (Å²) in [5, 5.41) is 0.615. The number of amides is 1. The maximum absolute atomic E-state index is 12.7. The normalized spacial score (nSPS) is 17.8. The Morgan fingerprint density at radius 3 is 2.86 bits per heavy atom. The number of esters is 1. The van der Waals surface area contributed by atoms with Crippen LogP contribution in [0.2, 0.25) is 0 Å². The monoisotopic (exact) mass is 320 g/mol. The number of carbonyl (C=O) groups excluding carboxylic acids is 2. The van der Waals surface area contributed by atoms with Gasteiger partial charge in [0.2, 0.25) is 5.91 Å². The number of thiazole rings is 1. The van der Waals surface area contributed by atoms with Gasteiger partial charge in [-0.05, 0) is 38.5 Å². The van der Waals surface area contributed by atoms with E-state index >= 15 is 0 Å². The Bertz CT molecular complexity index is 604. The Kier molecular flexibility index (Phi) is 4.57. The summed E-state index contributed by atoms with van der Waals surface area (Å²) >= 11 is 1.23. The number of nitrogens with zero attached hydrogens (tertiary/aromatic N) is 2. The van der Waals surface area contributed by atoms with Gasteiger partial charge in [-0.25, -0.2) is 9.78 Å². The van der Waals surface area contributed by atoms with Crippen molar-refractivity contribution in [2.45, 2.75) is 51.0 Å². The molecular weight excluding hydrogens is 300 g/mol. The van der Waals surface area contributed by atoms with Crippen molar-refractivity contribution < 1.29 is 14.3 Å². The maximum Gasteiger partial charge on any atom is 0.349 e. The molecule has 0 bridgehead atoms. The Balaban J connectivity index is 1.74. The Labute approximate surface area is 134 Å². The Morgan fingerprint density at radius 1 is 1.41 bits per heavy atom. The molecule has 1 amide bonds. The van der Waals surface area contributed by atoms with Crippen molar-refractivity contribution in [3.8, 4) is 0 Å². The van der Waals surface area contributed by atoms with Crippen molar-refractivity contribution in [3.05, 3.63) is 22.7 Å². The lowest BCUT2D eigenvalue weighted by Gasteiger charge is -2.21. The quantitative estimate of drug-likeness (QED) is 0.617. The number of hydrogen-bond acceptors (Lipinski definition) is 5. The van der Waals surface area contributed by atoms with Gasteiger partial charge in [-0.3, -0.25) is 9.69 Å². The van der Waals surface area contributed by atoms with Crippen molar-refractivity contribution in [2.75, 3.05) is 12.0 Å². The fraction of sp³-hybridized carbons (Fsp3) is 0.562. The van der Waals surface area contributed by atoms with Crippen molar-refractivity contribution in [1.29, 1.82) is 0 Å². The average molecular weight is 320 g/mol. The molecule has 0 atom stereocenters. The molecule has 0 aliphatic heterocycles. The number of carbonyl (C=O) groups is 2. The number of methoxy groups -OCH3 is 1. The van der Waals surface area contributed by atoms with Gasteiger partial charge in [0.15, 0.2) is 5.13 Å². The number of anilines is 1. The standard InChI is InChI=1S/C16H20N2O3S/c1-21-15(20)13-10-17-16(22-13)18(12-7-8-12)14(19)9-11-5-3-2-4-6-11/h5,10,12H,2-4,6-9H2,1H3. The maximum atomic E-state index is 12.7. The minimum Gasteiger partial charge on any atom is -0.465 e. The zero-order chi connectivity index (χ0) is 15.5. The highest BCUT2D eigenvalue weighted by molar-refractivity contribution is 7.17. The van der Waals surface area contributed by atoms with E-state index in [1.807, 2.05) is 0 Å². The Morgan fingerprint density at radius 2 is 2.23 bits per heavy atom. The van der Waals surface area contributed by atoms with Crippen molar-refractivity contribution >= 4 is 28.3 Å². The smallest absolute Gasteiger partial charge is 0.349 e. The summed E-state index contributed by atoms with van der Waals surface area (Å²) in [5.41, 5.74) is 1.24. The number of allylic oxidation sites excluding steroid dienone is 1. The molecule has 1 saturated carbocycles. The van der Waals surface area contributed by atoms with Gasteiger partial charge in [-0.2, -0.15) is 0 Å². The molecule has 1 heterocycles. The first kappa shape index (κ1) is 15.2. The highest BCUT2D eigenvalue weighted by Crippen LogP contribution is 2.35. The second-order valence-electron chi connectivity index (χ2n) is 5.78. The van der Waals surface area contributed by atoms with Crippen LogP contribution in [0.1, 0.15) is 54.6 Å². The molecule has 2 aliphatic carbocycles. The summed E-state index contributed by atoms with van der Waals surface area (Å²) in [4.78, 5) is 30.7. The summed E-state index contributed by atoms with van der Waals surface area (Å²) in [7, 11) is 1.35. The van der Waals surface area contributed by atoms with Gasteiger partial charge in [0.25, 0.3) is 0 Å². The van der Waals surface area contributed by atoms with Crippen LogP contribution in [0.4, 0.5) is 5.13 Å². The van der Waals surface area contributed by atoms with Crippen LogP contribution in [0.3, 0.4) is 0 Å². The van der Waals surface area contributed by atoms with E-state index in [0.717, 1.165) is 25.7 Å². The number of aromatic nitrogens is 1. The second kappa shape index (κ2) is 6.60. The molecular formula is C16H20N2O3S. The molecule has 1 fully saturated rings. The van der Waals surface area contributed by atoms with E-state index in [9.17, 15) is 9.59 Å². The van der Waals surface area contributed by atoms with Gasteiger partial charge in [-0.1, -0.05) is 23.0 Å². The van der Waals surface area contributed by atoms with Crippen LogP contribution in [0.15, 0.2) is 17.8 Å². The van der Waals surface area contributed by atoms with Crippen molar-refractivity contribution in [2.24, 2.45) is 0 Å². The van der Waals surface area contributed by atoms with E-state index in [0.29, 0.717) is 16.4 Å². The van der Waals surface area contributed by atoms with Crippen LogP contribution < -0.4 is 4.90 Å². The van der Waals surface area contributed by atoms with Crippen LogP contribution >= 0.6 is 11.3 Å². The zero-order valence-corrected chi connectivity index (χ0v) is 13.5. The fourth-order valence-corrected chi connectivity index (χ4v) is 3.64. The molecule has 3 rings (SSSR count). The van der Waals surface area contributed by atoms with E-state index in [2.05, 4.69) is 11.1 Å². The van der Waals surface area contributed by atoms with Crippen molar-refractivity contribution in [1.82, 2.24) is 4.98 Å². The number of hydrogen-bond donors (Lipinski definition) is 0. The molecule has 0 spiro atoms. The van der Waals surface area contributed by atoms with Gasteiger partial charge in [0.1, 0.15) is 4.88 Å². The minimum atomic E-state index is -0.401. The third-order valence-corrected chi connectivity index (χ3v) is 5.01. The number of ether oxygens (including phenoxy) is 1.